The Balaban J connectivity index is 2.47. The largest absolute Gasteiger partial charge is 0.383 e. The van der Waals surface area contributed by atoms with E-state index in [0.717, 1.165) is 12.3 Å². The van der Waals surface area contributed by atoms with Crippen molar-refractivity contribution in [2.45, 2.75) is 0 Å². The Labute approximate surface area is 114 Å². The lowest BCUT2D eigenvalue weighted by Crippen LogP contribution is -2.38. The summed E-state index contributed by atoms with van der Waals surface area (Å²) in [5.74, 6) is -1.73. The maximum absolute atomic E-state index is 12.9. The number of nitrogens with zero attached hydrogens (tertiary/aromatic N) is 1. The quantitative estimate of drug-likeness (QED) is 0.585. The van der Waals surface area contributed by atoms with E-state index in [2.05, 4.69) is 15.6 Å². The molecule has 8 heteroatoms. The zero-order valence-corrected chi connectivity index (χ0v) is 11.0. The van der Waals surface area contributed by atoms with Gasteiger partial charge in [-0.25, -0.2) is 9.37 Å². The molecule has 2 amide bonds. The molecule has 2 N–H and O–H groups in total. The first-order valence-corrected chi connectivity index (χ1v) is 5.77. The van der Waals surface area contributed by atoms with Crippen LogP contribution in [0.25, 0.3) is 0 Å². The highest BCUT2D eigenvalue weighted by Crippen LogP contribution is 2.13. The normalized spacial score (nSPS) is 10.1. The number of pyridine rings is 1. The molecule has 6 nitrogen and oxygen atoms in total. The number of halogens is 2. The summed E-state index contributed by atoms with van der Waals surface area (Å²) >= 11 is 5.65. The van der Waals surface area contributed by atoms with Crippen LogP contribution in [0.1, 0.15) is 10.4 Å². The van der Waals surface area contributed by atoms with Crippen LogP contribution in [-0.4, -0.2) is 43.6 Å². The third-order valence-corrected chi connectivity index (χ3v) is 2.39. The van der Waals surface area contributed by atoms with Gasteiger partial charge in [0.1, 0.15) is 11.0 Å². The number of rotatable bonds is 6. The highest BCUT2D eigenvalue weighted by molar-refractivity contribution is 6.32. The van der Waals surface area contributed by atoms with Crippen LogP contribution in [0.5, 0.6) is 0 Å². The molecule has 104 valence electrons. The predicted molar refractivity (Wildman–Crippen MR) is 66.4 cm³/mol. The number of carbonyl (C=O) groups is 2. The Kier molecular flexibility index (Phi) is 6.17. The molecule has 0 aromatic carbocycles. The van der Waals surface area contributed by atoms with E-state index in [1.807, 2.05) is 0 Å². The number of hydrogen-bond acceptors (Lipinski definition) is 4. The molecule has 0 saturated heterocycles. The fourth-order valence-electron chi connectivity index (χ4n) is 1.19. The van der Waals surface area contributed by atoms with Crippen LogP contribution in [0.4, 0.5) is 4.39 Å². The van der Waals surface area contributed by atoms with Crippen LogP contribution in [0.2, 0.25) is 5.15 Å². The summed E-state index contributed by atoms with van der Waals surface area (Å²) in [7, 11) is 1.51. The van der Waals surface area contributed by atoms with Gasteiger partial charge in [-0.2, -0.15) is 0 Å². The fourth-order valence-corrected chi connectivity index (χ4v) is 1.38. The SMILES string of the molecule is COCCNC(=O)CNC(=O)c1cc(F)cnc1Cl. The molecule has 0 bridgehead atoms. The molecule has 1 aromatic heterocycles. The van der Waals surface area contributed by atoms with Gasteiger partial charge in [0, 0.05) is 13.7 Å². The monoisotopic (exact) mass is 289 g/mol. The van der Waals surface area contributed by atoms with Gasteiger partial charge >= 0.3 is 0 Å². The molecule has 0 radical (unpaired) electrons. The van der Waals surface area contributed by atoms with Crippen molar-refractivity contribution in [3.63, 3.8) is 0 Å². The number of carbonyl (C=O) groups excluding carboxylic acids is 2. The smallest absolute Gasteiger partial charge is 0.254 e. The molecular weight excluding hydrogens is 277 g/mol. The number of nitrogens with one attached hydrogen (secondary N) is 2. The van der Waals surface area contributed by atoms with E-state index in [-0.39, 0.29) is 23.2 Å². The average molecular weight is 290 g/mol. The second kappa shape index (κ2) is 7.65. The summed E-state index contributed by atoms with van der Waals surface area (Å²) in [5.41, 5.74) is -0.119. The van der Waals surface area contributed by atoms with E-state index >= 15 is 0 Å². The Hall–Kier alpha value is -1.73. The first-order chi connectivity index (χ1) is 9.04. The molecule has 1 rings (SSSR count). The molecule has 1 heterocycles. The fraction of sp³-hybridized carbons (Fsp3) is 0.364. The van der Waals surface area contributed by atoms with Gasteiger partial charge in [0.25, 0.3) is 5.91 Å². The van der Waals surface area contributed by atoms with Gasteiger partial charge in [0.15, 0.2) is 0 Å². The molecule has 0 spiro atoms. The van der Waals surface area contributed by atoms with E-state index in [1.165, 1.54) is 7.11 Å². The van der Waals surface area contributed by atoms with Gasteiger partial charge in [-0.1, -0.05) is 11.6 Å². The van der Waals surface area contributed by atoms with Crippen LogP contribution in [0.15, 0.2) is 12.3 Å². The number of aromatic nitrogens is 1. The van der Waals surface area contributed by atoms with E-state index in [4.69, 9.17) is 16.3 Å². The van der Waals surface area contributed by atoms with Crippen LogP contribution in [0, 0.1) is 5.82 Å². The van der Waals surface area contributed by atoms with Crippen molar-refractivity contribution in [2.24, 2.45) is 0 Å². The number of ether oxygens (including phenoxy) is 1. The summed E-state index contributed by atoms with van der Waals surface area (Å²) in [6.07, 6.45) is 0.899. The van der Waals surface area contributed by atoms with Crippen molar-refractivity contribution in [2.75, 3.05) is 26.8 Å². The van der Waals surface area contributed by atoms with Crippen LogP contribution in [0.3, 0.4) is 0 Å². The minimum atomic E-state index is -0.681. The molecule has 19 heavy (non-hydrogen) atoms. The Morgan fingerprint density at radius 1 is 1.47 bits per heavy atom. The van der Waals surface area contributed by atoms with Crippen molar-refractivity contribution in [3.8, 4) is 0 Å². The molecule has 0 saturated carbocycles. The van der Waals surface area contributed by atoms with Gasteiger partial charge in [-0.15, -0.1) is 0 Å². The summed E-state index contributed by atoms with van der Waals surface area (Å²) in [4.78, 5) is 26.4. The lowest BCUT2D eigenvalue weighted by atomic mass is 10.2. The zero-order chi connectivity index (χ0) is 14.3. The third-order valence-electron chi connectivity index (χ3n) is 2.09. The first kappa shape index (κ1) is 15.3. The minimum absolute atomic E-state index is 0.119. The van der Waals surface area contributed by atoms with Crippen molar-refractivity contribution in [1.82, 2.24) is 15.6 Å². The van der Waals surface area contributed by atoms with Gasteiger partial charge in [-0.05, 0) is 6.07 Å². The van der Waals surface area contributed by atoms with Crippen molar-refractivity contribution >= 4 is 23.4 Å². The van der Waals surface area contributed by atoms with Crippen LogP contribution < -0.4 is 10.6 Å². The molecule has 0 aliphatic rings. The summed E-state index contributed by atoms with van der Waals surface area (Å²) < 4.78 is 17.7. The van der Waals surface area contributed by atoms with Gasteiger partial charge in [0.2, 0.25) is 5.91 Å². The third kappa shape index (κ3) is 5.19. The average Bonchev–Trinajstić information content (AvgIpc) is 2.39. The number of amides is 2. The summed E-state index contributed by atoms with van der Waals surface area (Å²) in [6.45, 7) is 0.474. The molecular formula is C11H13ClFN3O3. The summed E-state index contributed by atoms with van der Waals surface area (Å²) in [6, 6.07) is 0.952. The van der Waals surface area contributed by atoms with Crippen molar-refractivity contribution < 1.29 is 18.7 Å². The molecule has 1 aromatic rings. The number of methoxy groups -OCH3 is 1. The lowest BCUT2D eigenvalue weighted by molar-refractivity contribution is -0.120. The van der Waals surface area contributed by atoms with Gasteiger partial charge < -0.3 is 15.4 Å². The van der Waals surface area contributed by atoms with E-state index in [0.29, 0.717) is 13.2 Å². The summed E-state index contributed by atoms with van der Waals surface area (Å²) in [5, 5.41) is 4.70. The predicted octanol–water partition coefficient (Wildman–Crippen LogP) is 0.367. The van der Waals surface area contributed by atoms with Crippen molar-refractivity contribution in [1.29, 1.82) is 0 Å². The Morgan fingerprint density at radius 3 is 2.89 bits per heavy atom. The molecule has 0 unspecified atom stereocenters. The maximum atomic E-state index is 12.9. The lowest BCUT2D eigenvalue weighted by Gasteiger charge is -2.07. The van der Waals surface area contributed by atoms with Crippen LogP contribution >= 0.6 is 11.6 Å². The highest BCUT2D eigenvalue weighted by Gasteiger charge is 2.13. The van der Waals surface area contributed by atoms with Crippen LogP contribution in [-0.2, 0) is 9.53 Å². The molecule has 0 aliphatic carbocycles. The Morgan fingerprint density at radius 2 is 2.21 bits per heavy atom. The van der Waals surface area contributed by atoms with E-state index in [9.17, 15) is 14.0 Å². The van der Waals surface area contributed by atoms with E-state index < -0.39 is 11.7 Å². The molecule has 0 aliphatic heterocycles. The molecule has 0 atom stereocenters. The minimum Gasteiger partial charge on any atom is -0.383 e. The topological polar surface area (TPSA) is 80.3 Å². The highest BCUT2D eigenvalue weighted by atomic mass is 35.5. The second-order valence-electron chi connectivity index (χ2n) is 3.52. The molecule has 0 fully saturated rings. The van der Waals surface area contributed by atoms with Gasteiger partial charge in [-0.3, -0.25) is 9.59 Å². The number of hydrogen-bond donors (Lipinski definition) is 2. The second-order valence-corrected chi connectivity index (χ2v) is 3.88. The van der Waals surface area contributed by atoms with Crippen molar-refractivity contribution in [3.05, 3.63) is 28.8 Å². The van der Waals surface area contributed by atoms with Gasteiger partial charge in [0.05, 0.1) is 24.9 Å². The standard InChI is InChI=1S/C11H13ClFN3O3/c1-19-3-2-14-9(17)6-16-11(18)8-4-7(13)5-15-10(8)12/h4-5H,2-3,6H2,1H3,(H,14,17)(H,16,18). The first-order valence-electron chi connectivity index (χ1n) is 5.39. The van der Waals surface area contributed by atoms with E-state index in [1.54, 1.807) is 0 Å². The maximum Gasteiger partial charge on any atom is 0.254 e. The Bertz CT molecular complexity index is 470. The zero-order valence-electron chi connectivity index (χ0n) is 10.2.